The summed E-state index contributed by atoms with van der Waals surface area (Å²) in [5.74, 6) is 3.22. The van der Waals surface area contributed by atoms with Gasteiger partial charge in [0.1, 0.15) is 11.6 Å². The smallest absolute Gasteiger partial charge is 0.248 e. The second-order valence-electron chi connectivity index (χ2n) is 7.54. The molecule has 1 N–H and O–H groups in total. The van der Waals surface area contributed by atoms with Crippen LogP contribution >= 0.6 is 0 Å². The second-order valence-corrected chi connectivity index (χ2v) is 7.54. The Balaban J connectivity index is 1.63. The first-order chi connectivity index (χ1) is 9.48. The molecule has 6 atom stereocenters. The molecule has 1 aliphatic heterocycles. The second kappa shape index (κ2) is 3.77. The highest BCUT2D eigenvalue weighted by molar-refractivity contribution is 5.99. The Morgan fingerprint density at radius 3 is 2.40 bits per heavy atom. The lowest BCUT2D eigenvalue weighted by molar-refractivity contribution is -0.155. The van der Waals surface area contributed by atoms with Gasteiger partial charge >= 0.3 is 0 Å². The van der Waals surface area contributed by atoms with E-state index in [1.165, 1.54) is 19.3 Å². The monoisotopic (exact) mass is 276 g/mol. The predicted octanol–water partition coefficient (Wildman–Crippen LogP) is 1.55. The maximum Gasteiger partial charge on any atom is 0.248 e. The van der Waals surface area contributed by atoms with Crippen LogP contribution in [0.25, 0.3) is 0 Å². The van der Waals surface area contributed by atoms with Gasteiger partial charge in [0.25, 0.3) is 0 Å². The molecule has 0 radical (unpaired) electrons. The third kappa shape index (κ3) is 1.38. The summed E-state index contributed by atoms with van der Waals surface area (Å²) in [7, 11) is 0. The lowest BCUT2D eigenvalue weighted by atomic mass is 9.91. The molecule has 2 amide bonds. The summed E-state index contributed by atoms with van der Waals surface area (Å²) < 4.78 is 0. The van der Waals surface area contributed by atoms with Crippen molar-refractivity contribution < 1.29 is 9.59 Å². The third-order valence-corrected chi connectivity index (χ3v) is 6.63. The van der Waals surface area contributed by atoms with Crippen LogP contribution in [0.3, 0.4) is 0 Å². The standard InChI is InChI=1S/C16H24N2O2/c1-4-16(3)15(20)18(8(2)14(19)17-16)13-11-9-5-6-10(7-9)12(11)13/h8-13H,4-7H2,1-3H3,(H,17,19). The van der Waals surface area contributed by atoms with E-state index in [0.717, 1.165) is 11.8 Å². The van der Waals surface area contributed by atoms with Crippen LogP contribution in [0.4, 0.5) is 0 Å². The molecule has 0 spiro atoms. The van der Waals surface area contributed by atoms with E-state index in [9.17, 15) is 9.59 Å². The van der Waals surface area contributed by atoms with E-state index in [-0.39, 0.29) is 17.9 Å². The summed E-state index contributed by atoms with van der Waals surface area (Å²) >= 11 is 0. The van der Waals surface area contributed by atoms with Gasteiger partial charge in [0.15, 0.2) is 0 Å². The van der Waals surface area contributed by atoms with Crippen LogP contribution in [0.1, 0.15) is 46.5 Å². The van der Waals surface area contributed by atoms with Crippen molar-refractivity contribution >= 4 is 11.8 Å². The average Bonchev–Trinajstić information content (AvgIpc) is 2.84. The third-order valence-electron chi connectivity index (χ3n) is 6.63. The molecule has 0 aromatic carbocycles. The fourth-order valence-corrected chi connectivity index (χ4v) is 5.30. The number of carbonyl (C=O) groups excluding carboxylic acids is 2. The van der Waals surface area contributed by atoms with E-state index in [1.807, 2.05) is 25.7 Å². The highest BCUT2D eigenvalue weighted by Gasteiger charge is 2.69. The van der Waals surface area contributed by atoms with Crippen molar-refractivity contribution in [3.05, 3.63) is 0 Å². The molecule has 4 fully saturated rings. The normalized spacial score (nSPS) is 53.0. The molecule has 3 saturated carbocycles. The van der Waals surface area contributed by atoms with Crippen LogP contribution in [0.2, 0.25) is 0 Å². The average molecular weight is 276 g/mol. The van der Waals surface area contributed by atoms with Crippen LogP contribution in [0, 0.1) is 23.7 Å². The number of nitrogens with zero attached hydrogens (tertiary/aromatic N) is 1. The first-order valence-electron chi connectivity index (χ1n) is 8.12. The fourth-order valence-electron chi connectivity index (χ4n) is 5.30. The topological polar surface area (TPSA) is 49.4 Å². The van der Waals surface area contributed by atoms with Crippen LogP contribution in [0.5, 0.6) is 0 Å². The minimum Gasteiger partial charge on any atom is -0.340 e. The van der Waals surface area contributed by atoms with Gasteiger partial charge in [-0.05, 0) is 63.2 Å². The van der Waals surface area contributed by atoms with E-state index in [4.69, 9.17) is 0 Å². The van der Waals surface area contributed by atoms with Gasteiger partial charge in [0, 0.05) is 6.04 Å². The van der Waals surface area contributed by atoms with Crippen LogP contribution in [0.15, 0.2) is 0 Å². The summed E-state index contributed by atoms with van der Waals surface area (Å²) in [5.41, 5.74) is -0.695. The molecular formula is C16H24N2O2. The first kappa shape index (κ1) is 12.7. The van der Waals surface area contributed by atoms with Crippen molar-refractivity contribution in [1.82, 2.24) is 10.2 Å². The maximum atomic E-state index is 12.9. The summed E-state index contributed by atoms with van der Waals surface area (Å²) in [5, 5.41) is 2.93. The molecule has 4 rings (SSSR count). The zero-order valence-electron chi connectivity index (χ0n) is 12.6. The van der Waals surface area contributed by atoms with Crippen LogP contribution < -0.4 is 5.32 Å². The highest BCUT2D eigenvalue weighted by atomic mass is 16.2. The fraction of sp³-hybridized carbons (Fsp3) is 0.875. The Hall–Kier alpha value is -1.06. The first-order valence-corrected chi connectivity index (χ1v) is 8.12. The minimum atomic E-state index is -0.695. The van der Waals surface area contributed by atoms with E-state index in [2.05, 4.69) is 5.32 Å². The lowest BCUT2D eigenvalue weighted by Gasteiger charge is -2.44. The quantitative estimate of drug-likeness (QED) is 0.832. The van der Waals surface area contributed by atoms with Gasteiger partial charge in [0.05, 0.1) is 0 Å². The molecule has 1 heterocycles. The van der Waals surface area contributed by atoms with Crippen molar-refractivity contribution in [2.75, 3.05) is 0 Å². The maximum absolute atomic E-state index is 12.9. The molecule has 4 aliphatic rings. The Labute approximate surface area is 120 Å². The number of rotatable bonds is 2. The molecule has 0 aromatic heterocycles. The van der Waals surface area contributed by atoms with E-state index < -0.39 is 5.54 Å². The Morgan fingerprint density at radius 2 is 1.85 bits per heavy atom. The Kier molecular flexibility index (Phi) is 2.39. The van der Waals surface area contributed by atoms with E-state index in [1.54, 1.807) is 0 Å². The number of hydrogen-bond acceptors (Lipinski definition) is 2. The van der Waals surface area contributed by atoms with Crippen molar-refractivity contribution in [3.8, 4) is 0 Å². The van der Waals surface area contributed by atoms with Crippen LogP contribution in [-0.2, 0) is 9.59 Å². The minimum absolute atomic E-state index is 0.0197. The van der Waals surface area contributed by atoms with Gasteiger partial charge in [-0.3, -0.25) is 9.59 Å². The van der Waals surface area contributed by atoms with Crippen LogP contribution in [-0.4, -0.2) is 34.3 Å². The number of fused-ring (bicyclic) bond motifs is 5. The van der Waals surface area contributed by atoms with Gasteiger partial charge in [-0.2, -0.15) is 0 Å². The Morgan fingerprint density at radius 1 is 1.25 bits per heavy atom. The molecule has 6 unspecified atom stereocenters. The molecule has 110 valence electrons. The van der Waals surface area contributed by atoms with E-state index in [0.29, 0.717) is 24.3 Å². The number of piperazine rings is 1. The summed E-state index contributed by atoms with van der Waals surface area (Å²) in [6.45, 7) is 5.74. The molecule has 4 heteroatoms. The van der Waals surface area contributed by atoms with Crippen molar-refractivity contribution in [1.29, 1.82) is 0 Å². The number of nitrogens with one attached hydrogen (secondary N) is 1. The largest absolute Gasteiger partial charge is 0.340 e. The number of amides is 2. The van der Waals surface area contributed by atoms with E-state index >= 15 is 0 Å². The lowest BCUT2D eigenvalue weighted by Crippen LogP contribution is -2.69. The Bertz CT molecular complexity index is 475. The SMILES string of the molecule is CCC1(C)NC(=O)C(C)N(C2C3C4CCC(C4)C32)C1=O. The summed E-state index contributed by atoms with van der Waals surface area (Å²) in [4.78, 5) is 27.1. The van der Waals surface area contributed by atoms with Crippen molar-refractivity contribution in [3.63, 3.8) is 0 Å². The summed E-state index contributed by atoms with van der Waals surface area (Å²) in [6.07, 6.45) is 4.72. The molecule has 2 bridgehead atoms. The molecule has 3 aliphatic carbocycles. The molecule has 4 nitrogen and oxygen atoms in total. The van der Waals surface area contributed by atoms with Gasteiger partial charge in [-0.15, -0.1) is 0 Å². The van der Waals surface area contributed by atoms with Crippen molar-refractivity contribution in [2.24, 2.45) is 23.7 Å². The zero-order chi connectivity index (χ0) is 14.2. The highest BCUT2D eigenvalue weighted by Crippen LogP contribution is 2.67. The number of carbonyl (C=O) groups is 2. The molecule has 20 heavy (non-hydrogen) atoms. The number of hydrogen-bond donors (Lipinski definition) is 1. The molecule has 1 saturated heterocycles. The summed E-state index contributed by atoms with van der Waals surface area (Å²) in [6, 6.07) is 0.0674. The van der Waals surface area contributed by atoms with Gasteiger partial charge in [-0.1, -0.05) is 6.92 Å². The van der Waals surface area contributed by atoms with Crippen molar-refractivity contribution in [2.45, 2.75) is 64.1 Å². The van der Waals surface area contributed by atoms with Gasteiger partial charge in [-0.25, -0.2) is 0 Å². The zero-order valence-corrected chi connectivity index (χ0v) is 12.6. The predicted molar refractivity (Wildman–Crippen MR) is 74.7 cm³/mol. The van der Waals surface area contributed by atoms with Gasteiger partial charge in [0.2, 0.25) is 11.8 Å². The molecule has 0 aromatic rings. The molecular weight excluding hydrogens is 252 g/mol. The van der Waals surface area contributed by atoms with Gasteiger partial charge < -0.3 is 10.2 Å².